The number of ether oxygens (including phenoxy) is 2. The molecule has 0 aliphatic rings. The molecule has 1 aromatic heterocycles. The molecular weight excluding hydrogens is 278 g/mol. The van der Waals surface area contributed by atoms with Gasteiger partial charge in [-0.25, -0.2) is 4.98 Å². The first-order chi connectivity index (χ1) is 9.33. The van der Waals surface area contributed by atoms with Crippen molar-refractivity contribution in [1.29, 1.82) is 0 Å². The summed E-state index contributed by atoms with van der Waals surface area (Å²) in [5.74, 6) is 2.32. The topological polar surface area (TPSA) is 31.4 Å². The van der Waals surface area contributed by atoms with Crippen LogP contribution in [0.3, 0.4) is 0 Å². The average molecular weight is 295 g/mol. The van der Waals surface area contributed by atoms with Crippen LogP contribution in [-0.2, 0) is 12.2 Å². The van der Waals surface area contributed by atoms with E-state index in [2.05, 4.69) is 17.6 Å². The first kappa shape index (κ1) is 14.2. The molecular formula is C14H17NO2S2. The monoisotopic (exact) mass is 295 g/mol. The molecule has 0 bridgehead atoms. The van der Waals surface area contributed by atoms with Gasteiger partial charge in [0.1, 0.15) is 0 Å². The highest BCUT2D eigenvalue weighted by molar-refractivity contribution is 7.79. The van der Waals surface area contributed by atoms with Gasteiger partial charge in [0, 0.05) is 23.2 Å². The van der Waals surface area contributed by atoms with Crippen LogP contribution in [0.15, 0.2) is 30.5 Å². The second-order valence-corrected chi connectivity index (χ2v) is 5.37. The van der Waals surface area contributed by atoms with Gasteiger partial charge in [-0.05, 0) is 19.1 Å². The van der Waals surface area contributed by atoms with Crippen LogP contribution in [0.4, 0.5) is 0 Å². The van der Waals surface area contributed by atoms with E-state index in [1.807, 2.05) is 37.4 Å². The van der Waals surface area contributed by atoms with Gasteiger partial charge >= 0.3 is 0 Å². The quantitative estimate of drug-likeness (QED) is 0.792. The van der Waals surface area contributed by atoms with Crippen molar-refractivity contribution in [1.82, 2.24) is 4.98 Å². The fraction of sp³-hybridized carbons (Fsp3) is 0.357. The fourth-order valence-electron chi connectivity index (χ4n) is 1.63. The Hall–Kier alpha value is -1.20. The van der Waals surface area contributed by atoms with Crippen molar-refractivity contribution >= 4 is 24.0 Å². The summed E-state index contributed by atoms with van der Waals surface area (Å²) >= 11 is 5.91. The minimum absolute atomic E-state index is 0.601. The highest BCUT2D eigenvalue weighted by atomic mass is 32.1. The lowest BCUT2D eigenvalue weighted by molar-refractivity contribution is 0.279. The molecule has 19 heavy (non-hydrogen) atoms. The smallest absolute Gasteiger partial charge is 0.161 e. The number of thiol groups is 1. The number of benzene rings is 1. The second kappa shape index (κ2) is 7.40. The van der Waals surface area contributed by atoms with Crippen LogP contribution in [0.1, 0.15) is 16.8 Å². The molecule has 0 radical (unpaired) electrons. The van der Waals surface area contributed by atoms with Crippen molar-refractivity contribution in [3.05, 3.63) is 40.3 Å². The van der Waals surface area contributed by atoms with Crippen molar-refractivity contribution in [2.24, 2.45) is 0 Å². The molecule has 0 spiro atoms. The molecule has 0 amide bonds. The highest BCUT2D eigenvalue weighted by Crippen LogP contribution is 2.26. The third kappa shape index (κ3) is 4.14. The Kier molecular flexibility index (Phi) is 5.54. The Morgan fingerprint density at radius 2 is 1.95 bits per heavy atom. The molecule has 5 heteroatoms. The van der Waals surface area contributed by atoms with Crippen LogP contribution >= 0.6 is 24.0 Å². The highest BCUT2D eigenvalue weighted by Gasteiger charge is 2.05. The van der Waals surface area contributed by atoms with Gasteiger partial charge < -0.3 is 9.47 Å². The summed E-state index contributed by atoms with van der Waals surface area (Å²) in [5, 5.41) is 1.08. The summed E-state index contributed by atoms with van der Waals surface area (Å²) in [6.45, 7) is 3.20. The van der Waals surface area contributed by atoms with Crippen molar-refractivity contribution < 1.29 is 9.47 Å². The number of rotatable bonds is 7. The predicted octanol–water partition coefficient (Wildman–Crippen LogP) is 3.59. The van der Waals surface area contributed by atoms with Crippen LogP contribution in [0.5, 0.6) is 11.5 Å². The Bertz CT molecular complexity index is 514. The third-order valence-electron chi connectivity index (χ3n) is 2.48. The SMILES string of the molecule is CCOc1ccccc1OCCc1ncc(CS)s1. The van der Waals surface area contributed by atoms with Gasteiger partial charge in [-0.15, -0.1) is 11.3 Å². The fourth-order valence-corrected chi connectivity index (χ4v) is 2.67. The number of para-hydroxylation sites is 2. The van der Waals surface area contributed by atoms with Gasteiger partial charge in [0.25, 0.3) is 0 Å². The lowest BCUT2D eigenvalue weighted by atomic mass is 10.3. The van der Waals surface area contributed by atoms with E-state index in [0.717, 1.165) is 28.7 Å². The number of thiazole rings is 1. The second-order valence-electron chi connectivity index (χ2n) is 3.86. The molecule has 2 aromatic rings. The maximum atomic E-state index is 5.76. The Labute approximate surface area is 123 Å². The molecule has 102 valence electrons. The minimum Gasteiger partial charge on any atom is -0.490 e. The van der Waals surface area contributed by atoms with Crippen LogP contribution < -0.4 is 9.47 Å². The van der Waals surface area contributed by atoms with E-state index in [-0.39, 0.29) is 0 Å². The third-order valence-corrected chi connectivity index (χ3v) is 4.09. The number of nitrogens with zero attached hydrogens (tertiary/aromatic N) is 1. The molecule has 1 heterocycles. The first-order valence-corrected chi connectivity index (χ1v) is 7.67. The van der Waals surface area contributed by atoms with Gasteiger partial charge in [0.2, 0.25) is 0 Å². The van der Waals surface area contributed by atoms with E-state index in [4.69, 9.17) is 9.47 Å². The summed E-state index contributed by atoms with van der Waals surface area (Å²) in [5.41, 5.74) is 0. The summed E-state index contributed by atoms with van der Waals surface area (Å²) < 4.78 is 11.3. The van der Waals surface area contributed by atoms with E-state index in [0.29, 0.717) is 13.2 Å². The molecule has 1 aromatic carbocycles. The van der Waals surface area contributed by atoms with E-state index < -0.39 is 0 Å². The molecule has 0 fully saturated rings. The zero-order valence-electron chi connectivity index (χ0n) is 10.8. The standard InChI is InChI=1S/C14H17NO2S2/c1-2-16-12-5-3-4-6-13(12)17-8-7-14-15-9-11(10-18)19-14/h3-6,9,18H,2,7-8,10H2,1H3. The van der Waals surface area contributed by atoms with Gasteiger partial charge in [-0.3, -0.25) is 0 Å². The summed E-state index contributed by atoms with van der Waals surface area (Å²) in [7, 11) is 0. The lowest BCUT2D eigenvalue weighted by Crippen LogP contribution is -2.03. The molecule has 2 rings (SSSR count). The van der Waals surface area contributed by atoms with E-state index >= 15 is 0 Å². The molecule has 0 unspecified atom stereocenters. The zero-order valence-corrected chi connectivity index (χ0v) is 12.5. The number of hydrogen-bond acceptors (Lipinski definition) is 5. The molecule has 3 nitrogen and oxygen atoms in total. The van der Waals surface area contributed by atoms with Gasteiger partial charge in [0.05, 0.1) is 18.2 Å². The normalized spacial score (nSPS) is 10.4. The van der Waals surface area contributed by atoms with Crippen molar-refractivity contribution in [3.63, 3.8) is 0 Å². The van der Waals surface area contributed by atoms with Crippen molar-refractivity contribution in [2.75, 3.05) is 13.2 Å². The van der Waals surface area contributed by atoms with Crippen LogP contribution in [0, 0.1) is 0 Å². The van der Waals surface area contributed by atoms with Crippen LogP contribution in [0.25, 0.3) is 0 Å². The molecule has 0 atom stereocenters. The molecule has 0 N–H and O–H groups in total. The predicted molar refractivity (Wildman–Crippen MR) is 81.6 cm³/mol. The van der Waals surface area contributed by atoms with Crippen LogP contribution in [0.2, 0.25) is 0 Å². The maximum absolute atomic E-state index is 5.76. The van der Waals surface area contributed by atoms with E-state index in [9.17, 15) is 0 Å². The Balaban J connectivity index is 1.88. The molecule has 0 aliphatic heterocycles. The molecule has 0 saturated carbocycles. The maximum Gasteiger partial charge on any atom is 0.161 e. The molecule has 0 saturated heterocycles. The number of aromatic nitrogens is 1. The zero-order chi connectivity index (χ0) is 13.5. The van der Waals surface area contributed by atoms with Crippen LogP contribution in [-0.4, -0.2) is 18.2 Å². The van der Waals surface area contributed by atoms with Gasteiger partial charge in [-0.2, -0.15) is 12.6 Å². The molecule has 0 aliphatic carbocycles. The van der Waals surface area contributed by atoms with Gasteiger partial charge in [0.15, 0.2) is 11.5 Å². The number of hydrogen-bond donors (Lipinski definition) is 1. The van der Waals surface area contributed by atoms with E-state index in [1.54, 1.807) is 11.3 Å². The summed E-state index contributed by atoms with van der Waals surface area (Å²) in [6, 6.07) is 7.73. The summed E-state index contributed by atoms with van der Waals surface area (Å²) in [6.07, 6.45) is 2.68. The Morgan fingerprint density at radius 1 is 1.21 bits per heavy atom. The first-order valence-electron chi connectivity index (χ1n) is 6.22. The average Bonchev–Trinajstić information content (AvgIpc) is 2.89. The lowest BCUT2D eigenvalue weighted by Gasteiger charge is -2.10. The Morgan fingerprint density at radius 3 is 2.58 bits per heavy atom. The van der Waals surface area contributed by atoms with Crippen molar-refractivity contribution in [3.8, 4) is 11.5 Å². The minimum atomic E-state index is 0.601. The summed E-state index contributed by atoms with van der Waals surface area (Å²) in [4.78, 5) is 5.52. The van der Waals surface area contributed by atoms with E-state index in [1.165, 1.54) is 4.88 Å². The largest absolute Gasteiger partial charge is 0.490 e. The van der Waals surface area contributed by atoms with Crippen molar-refractivity contribution in [2.45, 2.75) is 19.1 Å². The van der Waals surface area contributed by atoms with Gasteiger partial charge in [-0.1, -0.05) is 12.1 Å².